The predicted octanol–water partition coefficient (Wildman–Crippen LogP) is 3.45. The van der Waals surface area contributed by atoms with E-state index < -0.39 is 11.4 Å². The Bertz CT molecular complexity index is 689. The molecular weight excluding hydrogens is 332 g/mol. The smallest absolute Gasteiger partial charge is 0.310 e. The minimum atomic E-state index is -1.04. The first-order valence-electron chi connectivity index (χ1n) is 9.26. The Morgan fingerprint density at radius 3 is 2.27 bits per heavy atom. The van der Waals surface area contributed by atoms with Crippen molar-refractivity contribution in [3.8, 4) is 0 Å². The van der Waals surface area contributed by atoms with Crippen LogP contribution in [0.2, 0.25) is 0 Å². The van der Waals surface area contributed by atoms with E-state index in [2.05, 4.69) is 5.32 Å². The summed E-state index contributed by atoms with van der Waals surface area (Å²) in [5.41, 5.74) is 0.977. The van der Waals surface area contributed by atoms with E-state index in [0.29, 0.717) is 24.1 Å². The van der Waals surface area contributed by atoms with E-state index in [9.17, 15) is 19.5 Å². The van der Waals surface area contributed by atoms with Gasteiger partial charge in [-0.1, -0.05) is 13.8 Å². The lowest BCUT2D eigenvalue weighted by molar-refractivity contribution is -0.151. The van der Waals surface area contributed by atoms with Crippen molar-refractivity contribution in [2.75, 3.05) is 18.4 Å². The monoisotopic (exact) mass is 360 g/mol. The van der Waals surface area contributed by atoms with Gasteiger partial charge < -0.3 is 15.3 Å². The molecule has 0 radical (unpaired) electrons. The third kappa shape index (κ3) is 4.23. The van der Waals surface area contributed by atoms with Gasteiger partial charge in [-0.2, -0.15) is 0 Å². The Morgan fingerprint density at radius 1 is 1.15 bits per heavy atom. The molecule has 1 fully saturated rings. The first-order valence-corrected chi connectivity index (χ1v) is 9.26. The molecule has 0 aliphatic carbocycles. The molecule has 142 valence electrons. The van der Waals surface area contributed by atoms with Gasteiger partial charge in [-0.05, 0) is 56.4 Å². The minimum absolute atomic E-state index is 0.0188. The molecule has 0 saturated carbocycles. The maximum absolute atomic E-state index is 12.4. The van der Waals surface area contributed by atoms with Crippen LogP contribution in [0.4, 0.5) is 5.69 Å². The average molecular weight is 360 g/mol. The van der Waals surface area contributed by atoms with Crippen molar-refractivity contribution in [3.63, 3.8) is 0 Å². The Labute approximate surface area is 154 Å². The Balaban J connectivity index is 2.08. The van der Waals surface area contributed by atoms with Crippen molar-refractivity contribution in [2.24, 2.45) is 5.41 Å². The standard InChI is InChI=1S/C20H28N2O4/c1-4-20(5-2,19(25)26)13-17(23)21-16-9-8-15(12-14(16)3)18(24)22-10-6-7-11-22/h8-9,12H,4-7,10-11,13H2,1-3H3,(H,21,23)(H,25,26). The van der Waals surface area contributed by atoms with Gasteiger partial charge in [0, 0.05) is 30.8 Å². The fourth-order valence-electron chi connectivity index (χ4n) is 3.42. The molecule has 0 spiro atoms. The van der Waals surface area contributed by atoms with Crippen LogP contribution in [0.25, 0.3) is 0 Å². The number of benzene rings is 1. The number of aliphatic carboxylic acids is 1. The molecule has 2 amide bonds. The predicted molar refractivity (Wildman–Crippen MR) is 100 cm³/mol. The zero-order valence-electron chi connectivity index (χ0n) is 15.8. The number of amides is 2. The summed E-state index contributed by atoms with van der Waals surface area (Å²) < 4.78 is 0. The van der Waals surface area contributed by atoms with Gasteiger partial charge in [-0.3, -0.25) is 14.4 Å². The number of nitrogens with one attached hydrogen (secondary N) is 1. The maximum Gasteiger partial charge on any atom is 0.310 e. The molecule has 0 atom stereocenters. The van der Waals surface area contributed by atoms with Gasteiger partial charge in [-0.25, -0.2) is 0 Å². The molecule has 1 saturated heterocycles. The molecule has 1 aliphatic rings. The molecule has 1 aromatic rings. The topological polar surface area (TPSA) is 86.7 Å². The Kier molecular flexibility index (Phi) is 6.40. The number of rotatable bonds is 7. The number of nitrogens with zero attached hydrogens (tertiary/aromatic N) is 1. The van der Waals surface area contributed by atoms with E-state index in [1.165, 1.54) is 0 Å². The SMILES string of the molecule is CCC(CC)(CC(=O)Nc1ccc(C(=O)N2CCCC2)cc1C)C(=O)O. The molecule has 0 bridgehead atoms. The molecular formula is C20H28N2O4. The molecule has 1 aromatic carbocycles. The van der Waals surface area contributed by atoms with Gasteiger partial charge in [0.15, 0.2) is 0 Å². The van der Waals surface area contributed by atoms with E-state index in [0.717, 1.165) is 31.5 Å². The summed E-state index contributed by atoms with van der Waals surface area (Å²) in [4.78, 5) is 38.2. The molecule has 26 heavy (non-hydrogen) atoms. The number of carbonyl (C=O) groups is 3. The fourth-order valence-corrected chi connectivity index (χ4v) is 3.42. The quantitative estimate of drug-likeness (QED) is 0.780. The van der Waals surface area contributed by atoms with Crippen molar-refractivity contribution in [1.29, 1.82) is 0 Å². The molecule has 0 unspecified atom stereocenters. The van der Waals surface area contributed by atoms with Gasteiger partial charge in [0.05, 0.1) is 5.41 Å². The zero-order valence-corrected chi connectivity index (χ0v) is 15.8. The van der Waals surface area contributed by atoms with E-state index in [1.54, 1.807) is 32.0 Å². The summed E-state index contributed by atoms with van der Waals surface area (Å²) in [6, 6.07) is 5.21. The molecule has 6 heteroatoms. The first-order chi connectivity index (χ1) is 12.3. The highest BCUT2D eigenvalue weighted by atomic mass is 16.4. The molecule has 1 aliphatic heterocycles. The van der Waals surface area contributed by atoms with E-state index in [-0.39, 0.29) is 18.2 Å². The highest BCUT2D eigenvalue weighted by Crippen LogP contribution is 2.31. The third-order valence-corrected chi connectivity index (χ3v) is 5.45. The molecule has 1 heterocycles. The van der Waals surface area contributed by atoms with Gasteiger partial charge in [-0.15, -0.1) is 0 Å². The highest BCUT2D eigenvalue weighted by molar-refractivity contribution is 5.97. The number of carbonyl (C=O) groups excluding carboxylic acids is 2. The normalized spacial score (nSPS) is 14.3. The fraction of sp³-hybridized carbons (Fsp3) is 0.550. The van der Waals surface area contributed by atoms with E-state index >= 15 is 0 Å². The largest absolute Gasteiger partial charge is 0.481 e. The summed E-state index contributed by atoms with van der Waals surface area (Å²) in [6.07, 6.45) is 2.81. The van der Waals surface area contributed by atoms with Crippen LogP contribution < -0.4 is 5.32 Å². The molecule has 6 nitrogen and oxygen atoms in total. The second-order valence-corrected chi connectivity index (χ2v) is 7.05. The summed E-state index contributed by atoms with van der Waals surface area (Å²) in [6.45, 7) is 6.99. The molecule has 2 N–H and O–H groups in total. The average Bonchev–Trinajstić information content (AvgIpc) is 3.15. The number of carboxylic acid groups (broad SMARTS) is 1. The van der Waals surface area contributed by atoms with Crippen LogP contribution in [0.5, 0.6) is 0 Å². The molecule has 0 aromatic heterocycles. The lowest BCUT2D eigenvalue weighted by Gasteiger charge is -2.26. The van der Waals surface area contributed by atoms with Crippen molar-refractivity contribution in [1.82, 2.24) is 4.90 Å². The van der Waals surface area contributed by atoms with Crippen LogP contribution in [-0.2, 0) is 9.59 Å². The number of anilines is 1. The van der Waals surface area contributed by atoms with Crippen molar-refractivity contribution >= 4 is 23.5 Å². The third-order valence-electron chi connectivity index (χ3n) is 5.45. The summed E-state index contributed by atoms with van der Waals surface area (Å²) in [5, 5.41) is 12.3. The number of likely N-dealkylation sites (tertiary alicyclic amines) is 1. The summed E-state index contributed by atoms with van der Waals surface area (Å²) in [7, 11) is 0. The van der Waals surface area contributed by atoms with Gasteiger partial charge in [0.25, 0.3) is 5.91 Å². The van der Waals surface area contributed by atoms with Crippen LogP contribution in [0, 0.1) is 12.3 Å². The lowest BCUT2D eigenvalue weighted by Crippen LogP contribution is -2.34. The van der Waals surface area contributed by atoms with Crippen LogP contribution in [0.15, 0.2) is 18.2 Å². The minimum Gasteiger partial charge on any atom is -0.481 e. The van der Waals surface area contributed by atoms with Gasteiger partial charge >= 0.3 is 5.97 Å². The van der Waals surface area contributed by atoms with E-state index in [1.807, 2.05) is 11.8 Å². The van der Waals surface area contributed by atoms with Crippen molar-refractivity contribution in [2.45, 2.75) is 52.9 Å². The number of carboxylic acids is 1. The Hall–Kier alpha value is -2.37. The number of aryl methyl sites for hydroxylation is 1. The highest BCUT2D eigenvalue weighted by Gasteiger charge is 2.37. The van der Waals surface area contributed by atoms with Crippen molar-refractivity contribution in [3.05, 3.63) is 29.3 Å². The zero-order chi connectivity index (χ0) is 19.3. The number of hydrogen-bond acceptors (Lipinski definition) is 3. The van der Waals surface area contributed by atoms with Crippen LogP contribution in [-0.4, -0.2) is 40.9 Å². The van der Waals surface area contributed by atoms with Crippen LogP contribution >= 0.6 is 0 Å². The van der Waals surface area contributed by atoms with E-state index in [4.69, 9.17) is 0 Å². The number of hydrogen-bond donors (Lipinski definition) is 2. The second-order valence-electron chi connectivity index (χ2n) is 7.05. The summed E-state index contributed by atoms with van der Waals surface area (Å²) >= 11 is 0. The van der Waals surface area contributed by atoms with Crippen LogP contribution in [0.1, 0.15) is 61.9 Å². The first kappa shape index (κ1) is 19.9. The van der Waals surface area contributed by atoms with Gasteiger partial charge in [0.2, 0.25) is 5.91 Å². The lowest BCUT2D eigenvalue weighted by atomic mass is 9.79. The summed E-state index contributed by atoms with van der Waals surface area (Å²) in [5.74, 6) is -1.25. The van der Waals surface area contributed by atoms with Crippen LogP contribution in [0.3, 0.4) is 0 Å². The Morgan fingerprint density at radius 2 is 1.77 bits per heavy atom. The molecule has 2 rings (SSSR count). The maximum atomic E-state index is 12.4. The van der Waals surface area contributed by atoms with Gasteiger partial charge in [0.1, 0.15) is 0 Å². The van der Waals surface area contributed by atoms with Crippen molar-refractivity contribution < 1.29 is 19.5 Å². The second kappa shape index (κ2) is 8.34.